The molecule has 31 heavy (non-hydrogen) atoms. The van der Waals surface area contributed by atoms with E-state index in [2.05, 4.69) is 5.32 Å². The van der Waals surface area contributed by atoms with Crippen LogP contribution in [0.4, 0.5) is 4.39 Å². The molecular formula is C23H28FNO5S. The number of aliphatic hydroxyl groups is 1. The number of ketones is 1. The number of halogens is 1. The lowest BCUT2D eigenvalue weighted by Crippen LogP contribution is -2.50. The first-order chi connectivity index (χ1) is 14.7. The molecule has 1 atom stereocenters. The zero-order chi connectivity index (χ0) is 23.2. The van der Waals surface area contributed by atoms with Crippen molar-refractivity contribution < 1.29 is 28.6 Å². The average Bonchev–Trinajstić information content (AvgIpc) is 3.20. The highest BCUT2D eigenvalue weighted by Gasteiger charge is 2.37. The Hall–Kier alpha value is -2.58. The maximum Gasteiger partial charge on any atom is 0.353 e. The minimum Gasteiger partial charge on any atom is -0.419 e. The van der Waals surface area contributed by atoms with Crippen molar-refractivity contribution in [3.63, 3.8) is 0 Å². The number of thiophene rings is 1. The molecule has 0 aliphatic carbocycles. The highest BCUT2D eigenvalue weighted by Crippen LogP contribution is 2.34. The van der Waals surface area contributed by atoms with Gasteiger partial charge in [-0.2, -0.15) is 0 Å². The molecule has 1 aromatic carbocycles. The second-order valence-electron chi connectivity index (χ2n) is 7.57. The molecule has 1 unspecified atom stereocenters. The van der Waals surface area contributed by atoms with Crippen molar-refractivity contribution in [3.05, 3.63) is 51.5 Å². The third-order valence-electron chi connectivity index (χ3n) is 5.48. The zero-order valence-corrected chi connectivity index (χ0v) is 19.0. The molecule has 0 bridgehead atoms. The monoisotopic (exact) mass is 449 g/mol. The number of Topliss-reactive ketones (excluding diaryl/α,β-unsaturated/α-hetero) is 1. The molecule has 0 radical (unpaired) electrons. The largest absolute Gasteiger partial charge is 0.419 e. The summed E-state index contributed by atoms with van der Waals surface area (Å²) in [6.45, 7) is 6.36. The molecule has 1 aromatic heterocycles. The van der Waals surface area contributed by atoms with Crippen LogP contribution < -0.4 is 10.1 Å². The first kappa shape index (κ1) is 24.7. The van der Waals surface area contributed by atoms with Gasteiger partial charge in [0, 0.05) is 4.88 Å². The van der Waals surface area contributed by atoms with E-state index in [9.17, 15) is 23.9 Å². The molecule has 0 aliphatic rings. The quantitative estimate of drug-likeness (QED) is 0.425. The molecule has 2 rings (SSSR count). The van der Waals surface area contributed by atoms with Gasteiger partial charge in [-0.25, -0.2) is 9.18 Å². The van der Waals surface area contributed by atoms with Crippen molar-refractivity contribution in [1.82, 2.24) is 5.32 Å². The number of aliphatic hydroxyl groups excluding tert-OH is 1. The lowest BCUT2D eigenvalue weighted by molar-refractivity contribution is -0.135. The van der Waals surface area contributed by atoms with Gasteiger partial charge in [0.25, 0.3) is 0 Å². The Morgan fingerprint density at radius 2 is 1.87 bits per heavy atom. The minimum absolute atomic E-state index is 0.138. The van der Waals surface area contributed by atoms with Crippen molar-refractivity contribution >= 4 is 29.0 Å². The molecular weight excluding hydrogens is 421 g/mol. The number of ether oxygens (including phenoxy) is 1. The molecule has 8 heteroatoms. The number of aryl methyl sites for hydroxylation is 1. The standard InChI is InChI=1S/C23H28FNO5S/c1-5-23(6-2,22(29)25-18(13-26)15(4)27)12-16-8-10-20(31-16)21(28)30-19-9-7-14(3)11-17(19)24/h7-11,18,26H,5-6,12-13H2,1-4H3,(H,25,29). The maximum absolute atomic E-state index is 14.0. The van der Waals surface area contributed by atoms with E-state index in [0.717, 1.165) is 10.4 Å². The van der Waals surface area contributed by atoms with Crippen molar-refractivity contribution in [2.45, 2.75) is 53.0 Å². The Kier molecular flexibility index (Phi) is 8.47. The fourth-order valence-corrected chi connectivity index (χ4v) is 4.27. The van der Waals surface area contributed by atoms with E-state index in [1.165, 1.54) is 30.4 Å². The first-order valence-electron chi connectivity index (χ1n) is 10.1. The predicted molar refractivity (Wildman–Crippen MR) is 117 cm³/mol. The molecule has 0 saturated heterocycles. The molecule has 2 aromatic rings. The number of carbonyl (C=O) groups is 3. The summed E-state index contributed by atoms with van der Waals surface area (Å²) in [6.07, 6.45) is 1.38. The highest BCUT2D eigenvalue weighted by molar-refractivity contribution is 7.14. The number of amides is 1. The van der Waals surface area contributed by atoms with Crippen LogP contribution in [0.2, 0.25) is 0 Å². The van der Waals surface area contributed by atoms with Crippen LogP contribution in [0.15, 0.2) is 30.3 Å². The molecule has 2 N–H and O–H groups in total. The summed E-state index contributed by atoms with van der Waals surface area (Å²) in [5, 5.41) is 12.0. The van der Waals surface area contributed by atoms with Crippen LogP contribution >= 0.6 is 11.3 Å². The van der Waals surface area contributed by atoms with E-state index in [-0.39, 0.29) is 17.4 Å². The first-order valence-corrected chi connectivity index (χ1v) is 11.0. The minimum atomic E-state index is -0.941. The topological polar surface area (TPSA) is 92.7 Å². The van der Waals surface area contributed by atoms with Gasteiger partial charge in [-0.05, 0) is 62.9 Å². The van der Waals surface area contributed by atoms with E-state index < -0.39 is 29.9 Å². The third kappa shape index (κ3) is 5.98. The second-order valence-corrected chi connectivity index (χ2v) is 8.74. The maximum atomic E-state index is 14.0. The Labute approximate surface area is 185 Å². The van der Waals surface area contributed by atoms with E-state index in [1.54, 1.807) is 25.1 Å². The Bertz CT molecular complexity index is 951. The fourth-order valence-electron chi connectivity index (χ4n) is 3.24. The van der Waals surface area contributed by atoms with Crippen LogP contribution in [0.1, 0.15) is 53.7 Å². The van der Waals surface area contributed by atoms with E-state index in [1.807, 2.05) is 13.8 Å². The summed E-state index contributed by atoms with van der Waals surface area (Å²) in [7, 11) is 0. The van der Waals surface area contributed by atoms with Gasteiger partial charge in [-0.1, -0.05) is 19.9 Å². The lowest BCUT2D eigenvalue weighted by Gasteiger charge is -2.31. The smallest absolute Gasteiger partial charge is 0.353 e. The molecule has 168 valence electrons. The van der Waals surface area contributed by atoms with Gasteiger partial charge >= 0.3 is 5.97 Å². The summed E-state index contributed by atoms with van der Waals surface area (Å²) in [5.41, 5.74) is -0.0736. The van der Waals surface area contributed by atoms with Crippen LogP contribution in [0.3, 0.4) is 0 Å². The summed E-state index contributed by atoms with van der Waals surface area (Å²) in [5.74, 6) is -2.05. The summed E-state index contributed by atoms with van der Waals surface area (Å²) in [6, 6.07) is 6.75. The molecule has 0 spiro atoms. The van der Waals surface area contributed by atoms with Crippen molar-refractivity contribution in [2.24, 2.45) is 5.41 Å². The van der Waals surface area contributed by atoms with Crippen LogP contribution in [0, 0.1) is 18.2 Å². The van der Waals surface area contributed by atoms with Gasteiger partial charge in [-0.15, -0.1) is 11.3 Å². The molecule has 0 saturated carbocycles. The van der Waals surface area contributed by atoms with Crippen LogP contribution in [-0.2, 0) is 16.0 Å². The molecule has 6 nitrogen and oxygen atoms in total. The Balaban J connectivity index is 2.16. The van der Waals surface area contributed by atoms with Crippen molar-refractivity contribution in [1.29, 1.82) is 0 Å². The third-order valence-corrected chi connectivity index (χ3v) is 6.54. The normalized spacial score (nSPS) is 12.3. The zero-order valence-electron chi connectivity index (χ0n) is 18.2. The van der Waals surface area contributed by atoms with Gasteiger partial charge in [-0.3, -0.25) is 9.59 Å². The lowest BCUT2D eigenvalue weighted by atomic mass is 9.77. The number of esters is 1. The number of rotatable bonds is 10. The van der Waals surface area contributed by atoms with Gasteiger partial charge in [0.15, 0.2) is 17.3 Å². The van der Waals surface area contributed by atoms with E-state index in [4.69, 9.17) is 4.74 Å². The van der Waals surface area contributed by atoms with Crippen LogP contribution in [-0.4, -0.2) is 35.4 Å². The number of benzene rings is 1. The highest BCUT2D eigenvalue weighted by atomic mass is 32.1. The average molecular weight is 450 g/mol. The number of hydrogen-bond acceptors (Lipinski definition) is 6. The predicted octanol–water partition coefficient (Wildman–Crippen LogP) is 3.83. The van der Waals surface area contributed by atoms with E-state index >= 15 is 0 Å². The fraction of sp³-hybridized carbons (Fsp3) is 0.435. The number of carbonyl (C=O) groups excluding carboxylic acids is 3. The number of nitrogens with one attached hydrogen (secondary N) is 1. The number of hydrogen-bond donors (Lipinski definition) is 2. The van der Waals surface area contributed by atoms with Gasteiger partial charge in [0.1, 0.15) is 10.9 Å². The summed E-state index contributed by atoms with van der Waals surface area (Å²) >= 11 is 1.18. The molecule has 1 amide bonds. The molecule has 1 heterocycles. The van der Waals surface area contributed by atoms with Gasteiger partial charge < -0.3 is 15.2 Å². The SMILES string of the molecule is CCC(CC)(Cc1ccc(C(=O)Oc2ccc(C)cc2F)s1)C(=O)NC(CO)C(C)=O. The molecule has 0 fully saturated rings. The molecule has 0 aliphatic heterocycles. The summed E-state index contributed by atoms with van der Waals surface area (Å²) in [4.78, 5) is 38.1. The van der Waals surface area contributed by atoms with Gasteiger partial charge in [0.05, 0.1) is 12.0 Å². The Morgan fingerprint density at radius 3 is 2.42 bits per heavy atom. The van der Waals surface area contributed by atoms with Crippen LogP contribution in [0.25, 0.3) is 0 Å². The van der Waals surface area contributed by atoms with Gasteiger partial charge in [0.2, 0.25) is 5.91 Å². The van der Waals surface area contributed by atoms with E-state index in [0.29, 0.717) is 24.1 Å². The van der Waals surface area contributed by atoms with Crippen molar-refractivity contribution in [2.75, 3.05) is 6.61 Å². The van der Waals surface area contributed by atoms with Crippen LogP contribution in [0.5, 0.6) is 5.75 Å². The van der Waals surface area contributed by atoms with Crippen molar-refractivity contribution in [3.8, 4) is 5.75 Å². The Morgan fingerprint density at radius 1 is 1.19 bits per heavy atom. The summed E-state index contributed by atoms with van der Waals surface area (Å²) < 4.78 is 19.1. The second kappa shape index (κ2) is 10.6.